The molecular formula is C19H16Cl2N4O5. The Morgan fingerprint density at radius 2 is 2.10 bits per heavy atom. The summed E-state index contributed by atoms with van der Waals surface area (Å²) in [6.07, 6.45) is 5.35. The van der Waals surface area contributed by atoms with Crippen molar-refractivity contribution in [3.05, 3.63) is 92.5 Å². The molecule has 0 saturated heterocycles. The van der Waals surface area contributed by atoms with E-state index in [9.17, 15) is 0 Å². The number of nitrogens with zero attached hydrogens (tertiary/aromatic N) is 4. The lowest BCUT2D eigenvalue weighted by molar-refractivity contribution is -0.742. The van der Waals surface area contributed by atoms with E-state index in [1.54, 1.807) is 24.7 Å². The molecule has 0 radical (unpaired) electrons. The lowest BCUT2D eigenvalue weighted by Gasteiger charge is -2.27. The lowest BCUT2D eigenvalue weighted by atomic mass is 10.00. The molecule has 2 heterocycles. The fourth-order valence-corrected chi connectivity index (χ4v) is 3.30. The van der Waals surface area contributed by atoms with Crippen molar-refractivity contribution in [2.24, 2.45) is 5.16 Å². The summed E-state index contributed by atoms with van der Waals surface area (Å²) in [6, 6.07) is 12.9. The van der Waals surface area contributed by atoms with Gasteiger partial charge in [-0.3, -0.25) is 0 Å². The third kappa shape index (κ3) is 5.40. The molecule has 1 aromatic heterocycles. The van der Waals surface area contributed by atoms with Gasteiger partial charge in [0.2, 0.25) is 0 Å². The fraction of sp³-hybridized carbons (Fsp3) is 0.158. The summed E-state index contributed by atoms with van der Waals surface area (Å²) in [6.45, 7) is 0.705. The van der Waals surface area contributed by atoms with Crippen LogP contribution in [0.25, 0.3) is 0 Å². The average molecular weight is 451 g/mol. The molecule has 0 amide bonds. The van der Waals surface area contributed by atoms with Crippen LogP contribution >= 0.6 is 23.2 Å². The highest BCUT2D eigenvalue weighted by molar-refractivity contribution is 6.35. The summed E-state index contributed by atoms with van der Waals surface area (Å²) >= 11 is 12.1. The van der Waals surface area contributed by atoms with E-state index >= 15 is 0 Å². The molecule has 11 heteroatoms. The summed E-state index contributed by atoms with van der Waals surface area (Å²) in [5.74, 6) is 0.788. The number of aromatic nitrogens is 2. The first-order valence-corrected chi connectivity index (χ1v) is 9.38. The number of imidazole rings is 1. The summed E-state index contributed by atoms with van der Waals surface area (Å²) in [5.41, 5.74) is 2.51. The minimum absolute atomic E-state index is 0.118. The van der Waals surface area contributed by atoms with E-state index in [-0.39, 0.29) is 12.6 Å². The van der Waals surface area contributed by atoms with E-state index in [2.05, 4.69) is 10.1 Å². The molecular weight excluding hydrogens is 435 g/mol. The first-order chi connectivity index (χ1) is 14.5. The maximum Gasteiger partial charge on any atom is 0.291 e. The number of rotatable bonds is 4. The zero-order valence-electron chi connectivity index (χ0n) is 15.4. The van der Waals surface area contributed by atoms with Gasteiger partial charge in [-0.1, -0.05) is 46.6 Å². The maximum atomic E-state index is 8.36. The van der Waals surface area contributed by atoms with Crippen molar-refractivity contribution in [1.29, 1.82) is 0 Å². The Morgan fingerprint density at radius 3 is 2.80 bits per heavy atom. The second kappa shape index (κ2) is 9.95. The molecule has 0 fully saturated rings. The van der Waals surface area contributed by atoms with Crippen molar-refractivity contribution in [1.82, 2.24) is 9.55 Å². The van der Waals surface area contributed by atoms with Crippen LogP contribution in [-0.2, 0) is 11.4 Å². The largest absolute Gasteiger partial charge is 0.490 e. The van der Waals surface area contributed by atoms with Gasteiger partial charge in [-0.25, -0.2) is 4.98 Å². The highest BCUT2D eigenvalue weighted by Gasteiger charge is 2.28. The van der Waals surface area contributed by atoms with Gasteiger partial charge in [0, 0.05) is 33.6 Å². The number of oxime groups is 1. The molecule has 30 heavy (non-hydrogen) atoms. The predicted octanol–water partition coefficient (Wildman–Crippen LogP) is 4.40. The van der Waals surface area contributed by atoms with Gasteiger partial charge in [-0.2, -0.15) is 0 Å². The molecule has 0 aliphatic carbocycles. The van der Waals surface area contributed by atoms with Crippen molar-refractivity contribution >= 4 is 28.9 Å². The van der Waals surface area contributed by atoms with Gasteiger partial charge in [-0.05, 0) is 24.3 Å². The van der Waals surface area contributed by atoms with Crippen molar-refractivity contribution in [2.75, 3.05) is 6.61 Å². The van der Waals surface area contributed by atoms with Crippen LogP contribution in [0.3, 0.4) is 0 Å². The Kier molecular flexibility index (Phi) is 7.10. The number of fused-ring (bicyclic) bond motifs is 1. The van der Waals surface area contributed by atoms with Gasteiger partial charge >= 0.3 is 0 Å². The minimum atomic E-state index is -1.50. The van der Waals surface area contributed by atoms with Crippen LogP contribution in [-0.4, -0.2) is 32.2 Å². The third-order valence-corrected chi connectivity index (χ3v) is 4.75. The van der Waals surface area contributed by atoms with Crippen LogP contribution in [0.4, 0.5) is 0 Å². The number of benzene rings is 2. The number of para-hydroxylation sites is 1. The van der Waals surface area contributed by atoms with Crippen LogP contribution in [0.1, 0.15) is 17.2 Å². The second-order valence-electron chi connectivity index (χ2n) is 6.06. The summed E-state index contributed by atoms with van der Waals surface area (Å²) in [7, 11) is 0. The zero-order valence-corrected chi connectivity index (χ0v) is 16.9. The molecule has 4 rings (SSSR count). The average Bonchev–Trinajstić information content (AvgIpc) is 3.24. The van der Waals surface area contributed by atoms with E-state index in [1.807, 2.05) is 41.1 Å². The quantitative estimate of drug-likeness (QED) is 0.465. The molecule has 3 aromatic rings. The summed E-state index contributed by atoms with van der Waals surface area (Å²) in [5, 5.41) is 19.2. The number of ether oxygens (including phenoxy) is 1. The van der Waals surface area contributed by atoms with Gasteiger partial charge in [0.05, 0.1) is 6.33 Å². The molecule has 1 atom stereocenters. The molecule has 0 bridgehead atoms. The molecule has 0 spiro atoms. The first kappa shape index (κ1) is 21.4. The molecule has 1 aliphatic heterocycles. The Morgan fingerprint density at radius 1 is 1.33 bits per heavy atom. The van der Waals surface area contributed by atoms with E-state index in [1.165, 1.54) is 0 Å². The molecule has 156 valence electrons. The SMILES string of the molecule is Clc1ccc(CO/N=C2\c3ccccc3OCC2n2ccnc2)c(Cl)c1.O=[N+]([O-])O. The van der Waals surface area contributed by atoms with Gasteiger partial charge < -0.3 is 19.3 Å². The van der Waals surface area contributed by atoms with Gasteiger partial charge in [0.25, 0.3) is 5.09 Å². The smallest absolute Gasteiger partial charge is 0.291 e. The summed E-state index contributed by atoms with van der Waals surface area (Å²) < 4.78 is 7.82. The van der Waals surface area contributed by atoms with E-state index in [0.717, 1.165) is 22.6 Å². The first-order valence-electron chi connectivity index (χ1n) is 8.62. The zero-order chi connectivity index (χ0) is 21.5. The van der Waals surface area contributed by atoms with Gasteiger partial charge in [0.15, 0.2) is 0 Å². The van der Waals surface area contributed by atoms with Crippen molar-refractivity contribution in [3.63, 3.8) is 0 Å². The molecule has 1 unspecified atom stereocenters. The lowest BCUT2D eigenvalue weighted by Crippen LogP contribution is -2.30. The predicted molar refractivity (Wildman–Crippen MR) is 110 cm³/mol. The second-order valence-corrected chi connectivity index (χ2v) is 6.90. The van der Waals surface area contributed by atoms with Crippen LogP contribution in [0.2, 0.25) is 10.0 Å². The monoisotopic (exact) mass is 450 g/mol. The Balaban J connectivity index is 0.000000589. The highest BCUT2D eigenvalue weighted by Crippen LogP contribution is 2.30. The maximum absolute atomic E-state index is 8.36. The highest BCUT2D eigenvalue weighted by atomic mass is 35.5. The topological polar surface area (TPSA) is 112 Å². The number of hydrogen-bond acceptors (Lipinski definition) is 6. The Hall–Kier alpha value is -3.30. The van der Waals surface area contributed by atoms with Crippen LogP contribution in [0.5, 0.6) is 5.75 Å². The van der Waals surface area contributed by atoms with E-state index in [4.69, 9.17) is 48.1 Å². The Bertz CT molecular complexity index is 1040. The fourth-order valence-electron chi connectivity index (χ4n) is 2.83. The molecule has 2 aromatic carbocycles. The molecule has 1 N–H and O–H groups in total. The number of halogens is 2. The Labute approximate surface area is 181 Å². The van der Waals surface area contributed by atoms with E-state index in [0.29, 0.717) is 16.7 Å². The molecule has 9 nitrogen and oxygen atoms in total. The van der Waals surface area contributed by atoms with Crippen molar-refractivity contribution < 1.29 is 19.9 Å². The molecule has 0 saturated carbocycles. The van der Waals surface area contributed by atoms with Crippen molar-refractivity contribution in [3.8, 4) is 5.75 Å². The van der Waals surface area contributed by atoms with Gasteiger partial charge in [-0.15, -0.1) is 10.1 Å². The van der Waals surface area contributed by atoms with Crippen molar-refractivity contribution in [2.45, 2.75) is 12.6 Å². The van der Waals surface area contributed by atoms with Crippen LogP contribution in [0, 0.1) is 10.1 Å². The molecule has 1 aliphatic rings. The minimum Gasteiger partial charge on any atom is -0.490 e. The third-order valence-electron chi connectivity index (χ3n) is 4.16. The van der Waals surface area contributed by atoms with Crippen LogP contribution < -0.4 is 4.74 Å². The summed E-state index contributed by atoms with van der Waals surface area (Å²) in [4.78, 5) is 18.1. The van der Waals surface area contributed by atoms with Crippen LogP contribution in [0.15, 0.2) is 66.3 Å². The van der Waals surface area contributed by atoms with Gasteiger partial charge in [0.1, 0.15) is 30.7 Å². The number of hydrogen-bond donors (Lipinski definition) is 1. The van der Waals surface area contributed by atoms with E-state index < -0.39 is 5.09 Å². The normalized spacial score (nSPS) is 16.1. The standard InChI is InChI=1S/C19H15Cl2N3O2.HNO3/c20-14-6-5-13(16(21)9-14)10-26-23-19-15-3-1-2-4-18(15)25-11-17(19)24-8-7-22-12-24;2-1(3)4/h1-9,12,17H,10-11H2;(H,2,3,4)/b23-19+;.